The summed E-state index contributed by atoms with van der Waals surface area (Å²) in [6.45, 7) is 0. The minimum Gasteiger partial charge on any atom is -0.456 e. The minimum atomic E-state index is 0.604. The van der Waals surface area contributed by atoms with E-state index in [2.05, 4.69) is 102 Å². The molecular formula is C45H28N4O. The van der Waals surface area contributed by atoms with Gasteiger partial charge in [0.15, 0.2) is 17.5 Å². The number of nitrogens with zero attached hydrogens (tertiary/aromatic N) is 4. The van der Waals surface area contributed by atoms with Crippen LogP contribution in [0.5, 0.6) is 0 Å². The highest BCUT2D eigenvalue weighted by molar-refractivity contribution is 6.13. The van der Waals surface area contributed by atoms with E-state index < -0.39 is 0 Å². The highest BCUT2D eigenvalue weighted by Gasteiger charge is 2.18. The molecule has 3 heterocycles. The van der Waals surface area contributed by atoms with E-state index >= 15 is 0 Å². The van der Waals surface area contributed by atoms with E-state index in [9.17, 15) is 0 Å². The van der Waals surface area contributed by atoms with Crippen LogP contribution in [0.4, 0.5) is 0 Å². The fourth-order valence-corrected chi connectivity index (χ4v) is 7.13. The van der Waals surface area contributed by atoms with Gasteiger partial charge in [0.25, 0.3) is 0 Å². The second kappa shape index (κ2) is 11.4. The molecule has 0 aliphatic rings. The van der Waals surface area contributed by atoms with Crippen LogP contribution in [-0.4, -0.2) is 19.5 Å². The van der Waals surface area contributed by atoms with Crippen LogP contribution in [0.15, 0.2) is 174 Å². The third kappa shape index (κ3) is 4.60. The molecule has 0 unspecified atom stereocenters. The van der Waals surface area contributed by atoms with E-state index in [-0.39, 0.29) is 0 Å². The fourth-order valence-electron chi connectivity index (χ4n) is 7.13. The van der Waals surface area contributed by atoms with Crippen LogP contribution >= 0.6 is 0 Å². The van der Waals surface area contributed by atoms with Crippen molar-refractivity contribution in [3.05, 3.63) is 170 Å². The Labute approximate surface area is 287 Å². The zero-order valence-electron chi connectivity index (χ0n) is 26.9. The van der Waals surface area contributed by atoms with Gasteiger partial charge in [-0.1, -0.05) is 127 Å². The molecule has 0 atom stereocenters. The van der Waals surface area contributed by atoms with Crippen molar-refractivity contribution in [2.24, 2.45) is 0 Å². The normalized spacial score (nSPS) is 11.6. The summed E-state index contributed by atoms with van der Waals surface area (Å²) in [5.41, 5.74) is 10.1. The second-order valence-electron chi connectivity index (χ2n) is 12.4. The lowest BCUT2D eigenvalue weighted by molar-refractivity contribution is 0.669. The maximum Gasteiger partial charge on any atom is 0.164 e. The molecule has 10 rings (SSSR count). The molecule has 0 spiro atoms. The molecule has 0 fully saturated rings. The summed E-state index contributed by atoms with van der Waals surface area (Å²) in [5.74, 6) is 1.86. The third-order valence-corrected chi connectivity index (χ3v) is 9.47. The number of rotatable bonds is 5. The average Bonchev–Trinajstić information content (AvgIpc) is 3.74. The van der Waals surface area contributed by atoms with E-state index in [0.717, 1.165) is 55.4 Å². The summed E-state index contributed by atoms with van der Waals surface area (Å²) >= 11 is 0. The van der Waals surface area contributed by atoms with Gasteiger partial charge in [0.1, 0.15) is 11.2 Å². The molecule has 5 heteroatoms. The van der Waals surface area contributed by atoms with E-state index in [1.165, 1.54) is 21.8 Å². The van der Waals surface area contributed by atoms with Crippen molar-refractivity contribution in [2.75, 3.05) is 0 Å². The summed E-state index contributed by atoms with van der Waals surface area (Å²) in [5, 5.41) is 4.51. The van der Waals surface area contributed by atoms with Crippen LogP contribution < -0.4 is 0 Å². The molecular weight excluding hydrogens is 613 g/mol. The van der Waals surface area contributed by atoms with Gasteiger partial charge in [-0.2, -0.15) is 0 Å². The van der Waals surface area contributed by atoms with Crippen molar-refractivity contribution in [2.45, 2.75) is 0 Å². The Morgan fingerprint density at radius 2 is 0.940 bits per heavy atom. The Hall–Kier alpha value is -6.85. The Bertz CT molecular complexity index is 2740. The lowest BCUT2D eigenvalue weighted by Gasteiger charge is -2.10. The summed E-state index contributed by atoms with van der Waals surface area (Å²) in [7, 11) is 0. The van der Waals surface area contributed by atoms with Gasteiger partial charge in [-0.25, -0.2) is 15.0 Å². The topological polar surface area (TPSA) is 56.7 Å². The highest BCUT2D eigenvalue weighted by Crippen LogP contribution is 2.39. The van der Waals surface area contributed by atoms with Crippen LogP contribution in [0.2, 0.25) is 0 Å². The van der Waals surface area contributed by atoms with Gasteiger partial charge in [0.2, 0.25) is 0 Å². The molecule has 10 aromatic rings. The van der Waals surface area contributed by atoms with Crippen molar-refractivity contribution in [3.63, 3.8) is 0 Å². The van der Waals surface area contributed by atoms with Crippen molar-refractivity contribution < 1.29 is 4.42 Å². The van der Waals surface area contributed by atoms with Gasteiger partial charge in [0.05, 0.1) is 11.0 Å². The number of benzene rings is 7. The molecule has 5 nitrogen and oxygen atoms in total. The smallest absolute Gasteiger partial charge is 0.164 e. The molecule has 0 saturated carbocycles. The summed E-state index contributed by atoms with van der Waals surface area (Å²) in [4.78, 5) is 14.9. The largest absolute Gasteiger partial charge is 0.456 e. The van der Waals surface area contributed by atoms with E-state index in [1.54, 1.807) is 0 Å². The number of hydrogen-bond acceptors (Lipinski definition) is 4. The second-order valence-corrected chi connectivity index (χ2v) is 12.4. The molecule has 7 aromatic carbocycles. The Morgan fingerprint density at radius 1 is 0.380 bits per heavy atom. The molecule has 50 heavy (non-hydrogen) atoms. The number of hydrogen-bond donors (Lipinski definition) is 0. The molecule has 0 aliphatic carbocycles. The minimum absolute atomic E-state index is 0.604. The van der Waals surface area contributed by atoms with Crippen molar-refractivity contribution in [3.8, 4) is 51.0 Å². The Morgan fingerprint density at radius 3 is 1.58 bits per heavy atom. The third-order valence-electron chi connectivity index (χ3n) is 9.47. The number of para-hydroxylation sites is 2. The maximum atomic E-state index is 6.41. The van der Waals surface area contributed by atoms with Crippen LogP contribution in [0.1, 0.15) is 0 Å². The van der Waals surface area contributed by atoms with Crippen LogP contribution in [0, 0.1) is 0 Å². The maximum absolute atomic E-state index is 6.41. The lowest BCUT2D eigenvalue weighted by Crippen LogP contribution is -2.00. The van der Waals surface area contributed by atoms with Gasteiger partial charge >= 0.3 is 0 Å². The number of furan rings is 1. The van der Waals surface area contributed by atoms with Gasteiger partial charge < -0.3 is 8.98 Å². The first-order chi connectivity index (χ1) is 24.8. The zero-order valence-corrected chi connectivity index (χ0v) is 26.9. The van der Waals surface area contributed by atoms with Crippen molar-refractivity contribution >= 4 is 43.7 Å². The fraction of sp³-hybridized carbons (Fsp3) is 0. The predicted molar refractivity (Wildman–Crippen MR) is 203 cm³/mol. The molecule has 0 N–H and O–H groups in total. The monoisotopic (exact) mass is 640 g/mol. The predicted octanol–water partition coefficient (Wildman–Crippen LogP) is 11.5. The molecule has 0 aliphatic heterocycles. The van der Waals surface area contributed by atoms with E-state index in [1.807, 2.05) is 72.8 Å². The number of aromatic nitrogens is 4. The molecule has 0 radical (unpaired) electrons. The molecule has 0 saturated heterocycles. The average molecular weight is 641 g/mol. The summed E-state index contributed by atoms with van der Waals surface area (Å²) in [6, 6.07) is 58.6. The quantitative estimate of drug-likeness (QED) is 0.188. The first kappa shape index (κ1) is 28.2. The highest BCUT2D eigenvalue weighted by atomic mass is 16.3. The van der Waals surface area contributed by atoms with Gasteiger partial charge in [-0.05, 0) is 53.6 Å². The lowest BCUT2D eigenvalue weighted by atomic mass is 10.00. The van der Waals surface area contributed by atoms with Crippen LogP contribution in [0.3, 0.4) is 0 Å². The molecule has 3 aromatic heterocycles. The van der Waals surface area contributed by atoms with Crippen LogP contribution in [0.25, 0.3) is 94.7 Å². The first-order valence-corrected chi connectivity index (χ1v) is 16.7. The number of fused-ring (bicyclic) bond motifs is 6. The van der Waals surface area contributed by atoms with Crippen LogP contribution in [-0.2, 0) is 0 Å². The van der Waals surface area contributed by atoms with Crippen molar-refractivity contribution in [1.82, 2.24) is 19.5 Å². The zero-order chi connectivity index (χ0) is 33.0. The summed E-state index contributed by atoms with van der Waals surface area (Å²) < 4.78 is 8.75. The Kier molecular flexibility index (Phi) is 6.42. The van der Waals surface area contributed by atoms with Crippen molar-refractivity contribution in [1.29, 1.82) is 0 Å². The van der Waals surface area contributed by atoms with Gasteiger partial charge in [-0.3, -0.25) is 0 Å². The van der Waals surface area contributed by atoms with E-state index in [0.29, 0.717) is 17.5 Å². The standard InChI is InChI=1S/C45H28N4O/c1-3-12-30(13-4-1)43-46-44(31-14-5-2-6-15-31)48-45(47-43)36-18-11-21-41-42(36)37-28-32(24-27-40(37)50-41)29-22-25-33(26-23-29)49-38-19-9-7-16-34(38)35-17-8-10-20-39(35)49/h1-28H. The van der Waals surface area contributed by atoms with E-state index in [4.69, 9.17) is 19.4 Å². The Balaban J connectivity index is 1.11. The molecule has 0 bridgehead atoms. The molecule has 234 valence electrons. The SMILES string of the molecule is c1ccc(-c2nc(-c3ccccc3)nc(-c3cccc4oc5ccc(-c6ccc(-n7c8ccccc8c8ccccc87)cc6)cc5c34)n2)cc1. The molecule has 0 amide bonds. The first-order valence-electron chi connectivity index (χ1n) is 16.7. The van der Waals surface area contributed by atoms with Gasteiger partial charge in [0, 0.05) is 43.9 Å². The van der Waals surface area contributed by atoms with Gasteiger partial charge in [-0.15, -0.1) is 0 Å². The summed E-state index contributed by atoms with van der Waals surface area (Å²) in [6.07, 6.45) is 0.